The van der Waals surface area contributed by atoms with Crippen molar-refractivity contribution in [3.63, 3.8) is 0 Å². The molecule has 1 amide bonds. The van der Waals surface area contributed by atoms with Gasteiger partial charge in [0.2, 0.25) is 0 Å². The lowest BCUT2D eigenvalue weighted by Gasteiger charge is -2.29. The van der Waals surface area contributed by atoms with Crippen molar-refractivity contribution in [2.24, 2.45) is 0 Å². The molecular weight excluding hydrogens is 264 g/mol. The molecule has 1 heterocycles. The van der Waals surface area contributed by atoms with Gasteiger partial charge in [0.25, 0.3) is 5.91 Å². The lowest BCUT2D eigenvalue weighted by molar-refractivity contribution is 0.0614. The third-order valence-electron chi connectivity index (χ3n) is 4.26. The van der Waals surface area contributed by atoms with Crippen LogP contribution in [0.2, 0.25) is 0 Å². The van der Waals surface area contributed by atoms with E-state index in [9.17, 15) is 4.79 Å². The van der Waals surface area contributed by atoms with Crippen molar-refractivity contribution in [3.8, 4) is 0 Å². The van der Waals surface area contributed by atoms with E-state index in [4.69, 9.17) is 4.74 Å². The number of methoxy groups -OCH3 is 1. The Balaban J connectivity index is 2.19. The fraction of sp³-hybridized carbons (Fsp3) is 0.588. The van der Waals surface area contributed by atoms with E-state index in [0.29, 0.717) is 13.2 Å². The first-order chi connectivity index (χ1) is 10.2. The van der Waals surface area contributed by atoms with E-state index in [1.807, 2.05) is 17.0 Å². The number of hydrogen-bond donors (Lipinski definition) is 1. The summed E-state index contributed by atoms with van der Waals surface area (Å²) in [5.74, 6) is 0.106. The van der Waals surface area contributed by atoms with Gasteiger partial charge in [-0.2, -0.15) is 0 Å². The number of carbonyl (C=O) groups excluding carboxylic acids is 1. The van der Waals surface area contributed by atoms with E-state index >= 15 is 0 Å². The second-order valence-electron chi connectivity index (χ2n) is 5.66. The monoisotopic (exact) mass is 290 g/mol. The van der Waals surface area contributed by atoms with Crippen LogP contribution in [0.25, 0.3) is 0 Å². The zero-order valence-electron chi connectivity index (χ0n) is 13.3. The molecule has 0 fully saturated rings. The second-order valence-corrected chi connectivity index (χ2v) is 5.66. The molecule has 0 aromatic heterocycles. The molecule has 0 saturated heterocycles. The number of rotatable bonds is 6. The smallest absolute Gasteiger partial charge is 0.254 e. The minimum atomic E-state index is 0.106. The lowest BCUT2D eigenvalue weighted by Crippen LogP contribution is -2.40. The number of nitrogens with zero attached hydrogens (tertiary/aromatic N) is 1. The number of carbonyl (C=O) groups is 1. The van der Waals surface area contributed by atoms with E-state index in [1.54, 1.807) is 7.11 Å². The summed E-state index contributed by atoms with van der Waals surface area (Å²) in [4.78, 5) is 14.7. The first-order valence-corrected chi connectivity index (χ1v) is 7.79. The van der Waals surface area contributed by atoms with Crippen LogP contribution in [0.15, 0.2) is 18.2 Å². The van der Waals surface area contributed by atoms with Gasteiger partial charge < -0.3 is 15.0 Å². The van der Waals surface area contributed by atoms with Gasteiger partial charge in [0, 0.05) is 31.8 Å². The maximum atomic E-state index is 12.8. The summed E-state index contributed by atoms with van der Waals surface area (Å²) in [6, 6.07) is 6.34. The normalized spacial score (nSPS) is 15.4. The Morgan fingerprint density at radius 3 is 2.95 bits per heavy atom. The van der Waals surface area contributed by atoms with E-state index in [1.165, 1.54) is 11.1 Å². The molecule has 0 saturated carbocycles. The fourth-order valence-corrected chi connectivity index (χ4v) is 2.71. The van der Waals surface area contributed by atoms with Crippen LogP contribution >= 0.6 is 0 Å². The average Bonchev–Trinajstić information content (AvgIpc) is 2.54. The molecule has 1 aliphatic heterocycles. The molecule has 21 heavy (non-hydrogen) atoms. The topological polar surface area (TPSA) is 41.6 Å². The fourth-order valence-electron chi connectivity index (χ4n) is 2.71. The van der Waals surface area contributed by atoms with Gasteiger partial charge in [0.05, 0.1) is 6.61 Å². The van der Waals surface area contributed by atoms with Gasteiger partial charge >= 0.3 is 0 Å². The molecule has 4 nitrogen and oxygen atoms in total. The Morgan fingerprint density at radius 2 is 2.24 bits per heavy atom. The van der Waals surface area contributed by atoms with Crippen LogP contribution in [0.3, 0.4) is 0 Å². The predicted molar refractivity (Wildman–Crippen MR) is 84.5 cm³/mol. The maximum absolute atomic E-state index is 12.8. The van der Waals surface area contributed by atoms with Crippen molar-refractivity contribution in [1.82, 2.24) is 10.2 Å². The van der Waals surface area contributed by atoms with Gasteiger partial charge in [-0.05, 0) is 49.6 Å². The van der Waals surface area contributed by atoms with Crippen molar-refractivity contribution >= 4 is 5.91 Å². The molecule has 1 aromatic carbocycles. The highest BCUT2D eigenvalue weighted by atomic mass is 16.5. The summed E-state index contributed by atoms with van der Waals surface area (Å²) in [6.07, 6.45) is 1.99. The van der Waals surface area contributed by atoms with Gasteiger partial charge in [0.15, 0.2) is 0 Å². The van der Waals surface area contributed by atoms with E-state index in [2.05, 4.69) is 25.2 Å². The summed E-state index contributed by atoms with van der Waals surface area (Å²) in [7, 11) is 1.67. The zero-order chi connectivity index (χ0) is 15.2. The number of hydrogen-bond acceptors (Lipinski definition) is 3. The first-order valence-electron chi connectivity index (χ1n) is 7.79. The summed E-state index contributed by atoms with van der Waals surface area (Å²) < 4.78 is 5.14. The molecule has 2 rings (SSSR count). The van der Waals surface area contributed by atoms with Crippen molar-refractivity contribution in [2.45, 2.75) is 39.3 Å². The van der Waals surface area contributed by atoms with Crippen LogP contribution in [0.1, 0.15) is 41.8 Å². The van der Waals surface area contributed by atoms with Crippen LogP contribution in [0.4, 0.5) is 0 Å². The van der Waals surface area contributed by atoms with Gasteiger partial charge in [-0.3, -0.25) is 4.79 Å². The third kappa shape index (κ3) is 3.83. The predicted octanol–water partition coefficient (Wildman–Crippen LogP) is 2.22. The van der Waals surface area contributed by atoms with E-state index in [0.717, 1.165) is 31.5 Å². The molecule has 1 aromatic rings. The number of fused-ring (bicyclic) bond motifs is 1. The van der Waals surface area contributed by atoms with Crippen molar-refractivity contribution in [1.29, 1.82) is 0 Å². The Bertz CT molecular complexity index is 488. The standard InChI is InChI=1S/C17H26N2O2/c1-4-13(2)19(9-10-21-3)17(20)15-6-5-14-7-8-18-12-16(14)11-15/h5-6,11,13,18H,4,7-10,12H2,1-3H3. The molecule has 0 radical (unpaired) electrons. The van der Waals surface area contributed by atoms with Crippen molar-refractivity contribution in [3.05, 3.63) is 34.9 Å². The van der Waals surface area contributed by atoms with Gasteiger partial charge in [-0.15, -0.1) is 0 Å². The number of ether oxygens (including phenoxy) is 1. The van der Waals surface area contributed by atoms with Crippen molar-refractivity contribution in [2.75, 3.05) is 26.8 Å². The molecular formula is C17H26N2O2. The van der Waals surface area contributed by atoms with E-state index in [-0.39, 0.29) is 11.9 Å². The van der Waals surface area contributed by atoms with Crippen LogP contribution in [0, 0.1) is 0 Å². The summed E-state index contributed by atoms with van der Waals surface area (Å²) >= 11 is 0. The van der Waals surface area contributed by atoms with Gasteiger partial charge in [-0.25, -0.2) is 0 Å². The van der Waals surface area contributed by atoms with Gasteiger partial charge in [-0.1, -0.05) is 13.0 Å². The molecule has 1 aliphatic rings. The van der Waals surface area contributed by atoms with Crippen LogP contribution in [-0.4, -0.2) is 43.7 Å². The summed E-state index contributed by atoms with van der Waals surface area (Å²) in [6.45, 7) is 7.29. The molecule has 1 atom stereocenters. The minimum Gasteiger partial charge on any atom is -0.383 e. The molecule has 1 N–H and O–H groups in total. The molecule has 0 aliphatic carbocycles. The highest BCUT2D eigenvalue weighted by Crippen LogP contribution is 2.18. The third-order valence-corrected chi connectivity index (χ3v) is 4.26. The lowest BCUT2D eigenvalue weighted by atomic mass is 9.98. The molecule has 0 spiro atoms. The maximum Gasteiger partial charge on any atom is 0.254 e. The summed E-state index contributed by atoms with van der Waals surface area (Å²) in [5, 5.41) is 3.36. The van der Waals surface area contributed by atoms with Crippen molar-refractivity contribution < 1.29 is 9.53 Å². The number of benzene rings is 1. The Labute approximate surface area is 127 Å². The second kappa shape index (κ2) is 7.57. The average molecular weight is 290 g/mol. The molecule has 0 bridgehead atoms. The van der Waals surface area contributed by atoms with Crippen LogP contribution < -0.4 is 5.32 Å². The Hall–Kier alpha value is -1.39. The highest BCUT2D eigenvalue weighted by molar-refractivity contribution is 5.94. The van der Waals surface area contributed by atoms with Gasteiger partial charge in [0.1, 0.15) is 0 Å². The number of nitrogens with one attached hydrogen (secondary N) is 1. The number of amides is 1. The summed E-state index contributed by atoms with van der Waals surface area (Å²) in [5.41, 5.74) is 3.40. The van der Waals surface area contributed by atoms with Crippen LogP contribution in [0.5, 0.6) is 0 Å². The highest BCUT2D eigenvalue weighted by Gasteiger charge is 2.21. The first kappa shape index (κ1) is 16.0. The molecule has 1 unspecified atom stereocenters. The van der Waals surface area contributed by atoms with Crippen LogP contribution in [-0.2, 0) is 17.7 Å². The largest absolute Gasteiger partial charge is 0.383 e. The Morgan fingerprint density at radius 1 is 1.43 bits per heavy atom. The molecule has 116 valence electrons. The van der Waals surface area contributed by atoms with E-state index < -0.39 is 0 Å². The zero-order valence-corrected chi connectivity index (χ0v) is 13.3. The Kier molecular flexibility index (Phi) is 5.76. The molecule has 4 heteroatoms. The minimum absolute atomic E-state index is 0.106. The quantitative estimate of drug-likeness (QED) is 0.873. The SMILES string of the molecule is CCC(C)N(CCOC)C(=O)c1ccc2c(c1)CNCC2.